The number of nitrogens with zero attached hydrogens (tertiary/aromatic N) is 3. The molecule has 2 unspecified atom stereocenters. The second-order valence-electron chi connectivity index (χ2n) is 15.3. The molecule has 7 rings (SSSR count). The van der Waals surface area contributed by atoms with Crippen LogP contribution in [0.4, 0.5) is 21.9 Å². The lowest BCUT2D eigenvalue weighted by molar-refractivity contribution is -0.198. The molecule has 2 N–H and O–H groups in total. The number of hydrogen-bond acceptors (Lipinski definition) is 8. The van der Waals surface area contributed by atoms with Crippen molar-refractivity contribution in [2.24, 2.45) is 7.05 Å². The van der Waals surface area contributed by atoms with E-state index < -0.39 is 24.7 Å². The number of aromatic nitrogens is 1. The summed E-state index contributed by atoms with van der Waals surface area (Å²) in [5, 5.41) is 5.82. The first-order valence-corrected chi connectivity index (χ1v) is 20.5. The van der Waals surface area contributed by atoms with Crippen molar-refractivity contribution in [1.82, 2.24) is 9.47 Å². The van der Waals surface area contributed by atoms with Gasteiger partial charge in [-0.25, -0.2) is 9.69 Å². The molecule has 4 aromatic rings. The van der Waals surface area contributed by atoms with Crippen molar-refractivity contribution in [2.75, 3.05) is 41.9 Å². The van der Waals surface area contributed by atoms with Crippen LogP contribution in [-0.4, -0.2) is 78.2 Å². The molecule has 0 spiro atoms. The van der Waals surface area contributed by atoms with Gasteiger partial charge in [0, 0.05) is 61.5 Å². The highest BCUT2D eigenvalue weighted by Crippen LogP contribution is 2.40. The van der Waals surface area contributed by atoms with Crippen LogP contribution >= 0.6 is 0 Å². The quantitative estimate of drug-likeness (QED) is 0.102. The summed E-state index contributed by atoms with van der Waals surface area (Å²) >= 11 is 0. The predicted molar refractivity (Wildman–Crippen MR) is 226 cm³/mol. The molecule has 0 saturated carbocycles. The summed E-state index contributed by atoms with van der Waals surface area (Å²) in [5.41, 5.74) is 6.47. The smallest absolute Gasteiger partial charge is 0.416 e. The van der Waals surface area contributed by atoms with Crippen LogP contribution in [0.25, 0.3) is 11.1 Å². The Hall–Kier alpha value is -5.92. The number of rotatable bonds is 13. The van der Waals surface area contributed by atoms with Crippen LogP contribution in [0.2, 0.25) is 0 Å². The highest BCUT2D eigenvalue weighted by molar-refractivity contribution is 6.06. The van der Waals surface area contributed by atoms with Gasteiger partial charge in [0.15, 0.2) is 12.5 Å². The van der Waals surface area contributed by atoms with E-state index in [9.17, 15) is 19.2 Å². The van der Waals surface area contributed by atoms with Crippen molar-refractivity contribution in [3.63, 3.8) is 0 Å². The van der Waals surface area contributed by atoms with E-state index in [0.717, 1.165) is 36.8 Å². The molecule has 3 aromatic carbocycles. The van der Waals surface area contributed by atoms with Crippen LogP contribution in [0, 0.1) is 13.8 Å². The van der Waals surface area contributed by atoms with E-state index in [1.165, 1.54) is 16.7 Å². The number of hydrogen-bond donors (Lipinski definition) is 2. The van der Waals surface area contributed by atoms with Gasteiger partial charge in [-0.05, 0) is 124 Å². The zero-order chi connectivity index (χ0) is 41.5. The normalized spacial score (nSPS) is 18.9. The predicted octanol–water partition coefficient (Wildman–Crippen LogP) is 8.37. The summed E-state index contributed by atoms with van der Waals surface area (Å²) in [5.74, 6) is -0.163. The first-order valence-electron chi connectivity index (χ1n) is 20.5. The van der Waals surface area contributed by atoms with Crippen LogP contribution in [0.3, 0.4) is 0 Å². The van der Waals surface area contributed by atoms with Crippen LogP contribution in [0.15, 0.2) is 85.6 Å². The molecule has 13 nitrogen and oxygen atoms in total. The number of benzene rings is 3. The summed E-state index contributed by atoms with van der Waals surface area (Å²) in [6.07, 6.45) is 7.10. The van der Waals surface area contributed by atoms with Crippen LogP contribution < -0.4 is 20.3 Å². The van der Waals surface area contributed by atoms with Crippen molar-refractivity contribution >= 4 is 40.9 Å². The summed E-state index contributed by atoms with van der Waals surface area (Å²) in [6.45, 7) is 8.91. The number of nitrogens with one attached hydrogen (secondary N) is 2. The Kier molecular flexibility index (Phi) is 13.1. The van der Waals surface area contributed by atoms with E-state index >= 15 is 0 Å². The minimum absolute atomic E-state index is 0.0129. The minimum atomic E-state index is -0.842. The Labute approximate surface area is 345 Å². The number of amides is 4. The molecular weight excluding hydrogens is 751 g/mol. The van der Waals surface area contributed by atoms with Crippen LogP contribution in [0.5, 0.6) is 5.75 Å². The van der Waals surface area contributed by atoms with Crippen molar-refractivity contribution in [3.8, 4) is 16.9 Å². The molecule has 2 saturated heterocycles. The van der Waals surface area contributed by atoms with Gasteiger partial charge in [0.1, 0.15) is 12.4 Å². The van der Waals surface area contributed by atoms with Crippen molar-refractivity contribution in [2.45, 2.75) is 83.8 Å². The fraction of sp³-hybridized carbons (Fsp3) is 0.391. The Morgan fingerprint density at radius 1 is 0.915 bits per heavy atom. The molecule has 0 aliphatic carbocycles. The molecule has 2 fully saturated rings. The number of fused-ring (bicyclic) bond motifs is 2. The molecule has 1 aromatic heterocycles. The van der Waals surface area contributed by atoms with E-state index in [1.54, 1.807) is 36.4 Å². The van der Waals surface area contributed by atoms with Gasteiger partial charge < -0.3 is 39.0 Å². The maximum absolute atomic E-state index is 14.2. The molecular formula is C46H53N5O8. The summed E-state index contributed by atoms with van der Waals surface area (Å²) in [7, 11) is 2.01. The van der Waals surface area contributed by atoms with Gasteiger partial charge in [-0.1, -0.05) is 24.8 Å². The third-order valence-electron chi connectivity index (χ3n) is 11.1. The highest BCUT2D eigenvalue weighted by Gasteiger charge is 2.46. The maximum atomic E-state index is 14.2. The van der Waals surface area contributed by atoms with Crippen LogP contribution in [-0.2, 0) is 26.1 Å². The molecule has 4 heterocycles. The SMILES string of the molecule is C=CCOC(=O)N1c2cc(OCCCC(=O)Nc3ccc(C(=O)Nc4ccc(-c5cc(C)n(C)c5)cc4)cc3)c(C)cc2C(=O)N2CCCC[C@H]2C1OC1CCCCO1. The molecule has 4 amide bonds. The second-order valence-corrected chi connectivity index (χ2v) is 15.3. The zero-order valence-corrected chi connectivity index (χ0v) is 34.0. The monoisotopic (exact) mass is 803 g/mol. The van der Waals surface area contributed by atoms with Crippen molar-refractivity contribution < 1.29 is 38.1 Å². The van der Waals surface area contributed by atoms with Gasteiger partial charge in [0.2, 0.25) is 5.91 Å². The number of piperidine rings is 1. The van der Waals surface area contributed by atoms with Gasteiger partial charge in [-0.3, -0.25) is 14.4 Å². The van der Waals surface area contributed by atoms with Crippen molar-refractivity contribution in [3.05, 3.63) is 108 Å². The highest BCUT2D eigenvalue weighted by atomic mass is 16.7. The number of aryl methyl sites for hydroxylation is 3. The van der Waals surface area contributed by atoms with Gasteiger partial charge in [-0.15, -0.1) is 0 Å². The molecule has 310 valence electrons. The van der Waals surface area contributed by atoms with Gasteiger partial charge in [-0.2, -0.15) is 0 Å². The topological polar surface area (TPSA) is 141 Å². The Balaban J connectivity index is 0.968. The number of carbonyl (C=O) groups excluding carboxylic acids is 4. The molecule has 3 atom stereocenters. The molecule has 13 heteroatoms. The Morgan fingerprint density at radius 2 is 1.66 bits per heavy atom. The summed E-state index contributed by atoms with van der Waals surface area (Å²) < 4.78 is 26.4. The third kappa shape index (κ3) is 9.69. The molecule has 3 aliphatic heterocycles. The zero-order valence-electron chi connectivity index (χ0n) is 34.0. The molecule has 0 radical (unpaired) electrons. The van der Waals surface area contributed by atoms with E-state index in [0.29, 0.717) is 71.9 Å². The van der Waals surface area contributed by atoms with Crippen molar-refractivity contribution in [1.29, 1.82) is 0 Å². The van der Waals surface area contributed by atoms with Gasteiger partial charge >= 0.3 is 6.09 Å². The fourth-order valence-electron chi connectivity index (χ4n) is 7.83. The first kappa shape index (κ1) is 41.2. The lowest BCUT2D eigenvalue weighted by Crippen LogP contribution is -2.57. The van der Waals surface area contributed by atoms with E-state index in [4.69, 9.17) is 18.9 Å². The Bertz CT molecular complexity index is 2140. The number of anilines is 3. The molecule has 0 bridgehead atoms. The largest absolute Gasteiger partial charge is 0.493 e. The lowest BCUT2D eigenvalue weighted by atomic mass is 10.00. The van der Waals surface area contributed by atoms with E-state index in [2.05, 4.69) is 41.0 Å². The maximum Gasteiger partial charge on any atom is 0.416 e. The first-order chi connectivity index (χ1) is 28.6. The average molecular weight is 804 g/mol. The lowest BCUT2D eigenvalue weighted by Gasteiger charge is -2.42. The fourth-order valence-corrected chi connectivity index (χ4v) is 7.83. The summed E-state index contributed by atoms with van der Waals surface area (Å²) in [6, 6.07) is 19.6. The van der Waals surface area contributed by atoms with Crippen LogP contribution in [0.1, 0.15) is 83.3 Å². The summed E-state index contributed by atoms with van der Waals surface area (Å²) in [4.78, 5) is 57.2. The third-order valence-corrected chi connectivity index (χ3v) is 11.1. The van der Waals surface area contributed by atoms with E-state index in [1.807, 2.05) is 43.1 Å². The molecule has 59 heavy (non-hydrogen) atoms. The minimum Gasteiger partial charge on any atom is -0.493 e. The average Bonchev–Trinajstić information content (AvgIpc) is 3.55. The number of carbonyl (C=O) groups is 4. The standard InChI is InChI=1S/C46H53N5O8/c1-5-23-58-46(55)51-39-28-40(30(2)26-37(39)44(54)50-22-8-6-11-38(50)45(51)59-42-13-7-9-24-57-42)56-25-10-12-41(52)47-35-20-16-33(17-21-35)43(53)48-36-18-14-32(15-19-36)34-27-31(3)49(4)29-34/h5,14-21,26-29,38,42,45H,1,6-13,22-25H2,2-4H3,(H,47,52)(H,48,53)/t38-,42?,45?/m0/s1. The molecule has 3 aliphatic rings. The van der Waals surface area contributed by atoms with E-state index in [-0.39, 0.29) is 37.4 Å². The van der Waals surface area contributed by atoms with Gasteiger partial charge in [0.05, 0.1) is 23.9 Å². The van der Waals surface area contributed by atoms with Gasteiger partial charge in [0.25, 0.3) is 11.8 Å². The second kappa shape index (κ2) is 18.8. The number of ether oxygens (including phenoxy) is 4. The Morgan fingerprint density at radius 3 is 2.37 bits per heavy atom.